The lowest BCUT2D eigenvalue weighted by Crippen LogP contribution is -2.37. The first kappa shape index (κ1) is 18.0. The number of hydrogen-bond acceptors (Lipinski definition) is 4. The van der Waals surface area contributed by atoms with Gasteiger partial charge in [-0.2, -0.15) is 0 Å². The first-order valence-corrected chi connectivity index (χ1v) is 8.66. The summed E-state index contributed by atoms with van der Waals surface area (Å²) in [6.45, 7) is 3.65. The Morgan fingerprint density at radius 1 is 1.21 bits per heavy atom. The Balaban J connectivity index is 1.77. The van der Waals surface area contributed by atoms with Gasteiger partial charge in [0.1, 0.15) is 0 Å². The van der Waals surface area contributed by atoms with Gasteiger partial charge in [0.25, 0.3) is 0 Å². The van der Waals surface area contributed by atoms with Gasteiger partial charge in [-0.05, 0) is 48.1 Å². The van der Waals surface area contributed by atoms with Crippen molar-refractivity contribution in [3.8, 4) is 0 Å². The Hall–Kier alpha value is -2.34. The summed E-state index contributed by atoms with van der Waals surface area (Å²) in [7, 11) is 3.15. The topological polar surface area (TPSA) is 62.7 Å². The Morgan fingerprint density at radius 3 is 2.54 bits per heavy atom. The van der Waals surface area contributed by atoms with Crippen LogP contribution in [0.3, 0.4) is 0 Å². The Kier molecular flexibility index (Phi) is 6.81. The lowest BCUT2D eigenvalue weighted by Gasteiger charge is -2.12. The van der Waals surface area contributed by atoms with Gasteiger partial charge in [-0.15, -0.1) is 11.3 Å². The molecule has 2 rings (SSSR count). The number of benzene rings is 1. The van der Waals surface area contributed by atoms with Gasteiger partial charge < -0.3 is 15.4 Å². The third-order valence-corrected chi connectivity index (χ3v) is 4.71. The minimum Gasteiger partial charge on any atom is -0.465 e. The van der Waals surface area contributed by atoms with Gasteiger partial charge in [0.05, 0.1) is 19.2 Å². The van der Waals surface area contributed by atoms with E-state index in [-0.39, 0.29) is 5.97 Å². The molecule has 2 aromatic rings. The van der Waals surface area contributed by atoms with Crippen LogP contribution in [-0.4, -0.2) is 32.6 Å². The zero-order chi connectivity index (χ0) is 17.4. The summed E-state index contributed by atoms with van der Waals surface area (Å²) in [5, 5.41) is 8.72. The second-order valence-electron chi connectivity index (χ2n) is 5.32. The average molecular weight is 345 g/mol. The Labute approximate surface area is 146 Å². The largest absolute Gasteiger partial charge is 0.465 e. The molecule has 1 aromatic carbocycles. The van der Waals surface area contributed by atoms with E-state index in [1.54, 1.807) is 30.5 Å². The van der Waals surface area contributed by atoms with Crippen molar-refractivity contribution in [1.29, 1.82) is 0 Å². The summed E-state index contributed by atoms with van der Waals surface area (Å²) in [4.78, 5) is 17.0. The van der Waals surface area contributed by atoms with Crippen molar-refractivity contribution in [3.63, 3.8) is 0 Å². The number of aryl methyl sites for hydroxylation is 1. The van der Waals surface area contributed by atoms with Gasteiger partial charge in [-0.1, -0.05) is 12.1 Å². The molecule has 5 nitrogen and oxygen atoms in total. The highest BCUT2D eigenvalue weighted by Gasteiger charge is 2.05. The molecule has 0 aliphatic carbocycles. The van der Waals surface area contributed by atoms with Crippen molar-refractivity contribution in [3.05, 3.63) is 57.3 Å². The van der Waals surface area contributed by atoms with Gasteiger partial charge in [0.2, 0.25) is 0 Å². The highest BCUT2D eigenvalue weighted by molar-refractivity contribution is 7.10. The number of rotatable bonds is 6. The van der Waals surface area contributed by atoms with E-state index in [9.17, 15) is 4.79 Å². The van der Waals surface area contributed by atoms with Crippen molar-refractivity contribution in [1.82, 2.24) is 10.6 Å². The summed E-state index contributed by atoms with van der Waals surface area (Å²) in [5.74, 6) is 0.474. The maximum Gasteiger partial charge on any atom is 0.337 e. The van der Waals surface area contributed by atoms with Crippen LogP contribution < -0.4 is 10.6 Å². The zero-order valence-electron chi connectivity index (χ0n) is 14.3. The van der Waals surface area contributed by atoms with Crippen LogP contribution in [0, 0.1) is 6.92 Å². The quantitative estimate of drug-likeness (QED) is 0.480. The summed E-state index contributed by atoms with van der Waals surface area (Å²) in [6.07, 6.45) is 0.847. The van der Waals surface area contributed by atoms with Crippen LogP contribution in [0.4, 0.5) is 0 Å². The van der Waals surface area contributed by atoms with Gasteiger partial charge in [-0.25, -0.2) is 4.79 Å². The van der Waals surface area contributed by atoms with Crippen molar-refractivity contribution < 1.29 is 9.53 Å². The highest BCUT2D eigenvalue weighted by atomic mass is 32.1. The first-order valence-electron chi connectivity index (χ1n) is 7.78. The van der Waals surface area contributed by atoms with E-state index < -0.39 is 0 Å². The fourth-order valence-electron chi connectivity index (χ4n) is 2.22. The van der Waals surface area contributed by atoms with Crippen molar-refractivity contribution in [2.24, 2.45) is 4.99 Å². The maximum atomic E-state index is 11.4. The molecule has 0 spiro atoms. The van der Waals surface area contributed by atoms with Crippen LogP contribution in [-0.2, 0) is 17.7 Å². The molecular weight excluding hydrogens is 322 g/mol. The molecule has 0 bridgehead atoms. The third kappa shape index (κ3) is 5.09. The van der Waals surface area contributed by atoms with Gasteiger partial charge in [-0.3, -0.25) is 4.99 Å². The number of aliphatic imine (C=N–C) groups is 1. The first-order chi connectivity index (χ1) is 11.6. The van der Waals surface area contributed by atoms with E-state index in [1.165, 1.54) is 17.6 Å². The molecule has 0 saturated carbocycles. The number of guanidine groups is 1. The predicted molar refractivity (Wildman–Crippen MR) is 98.7 cm³/mol. The molecule has 0 aliphatic heterocycles. The molecule has 0 fully saturated rings. The van der Waals surface area contributed by atoms with Gasteiger partial charge in [0.15, 0.2) is 5.96 Å². The zero-order valence-corrected chi connectivity index (χ0v) is 15.1. The van der Waals surface area contributed by atoms with Crippen molar-refractivity contribution >= 4 is 23.3 Å². The fourth-order valence-corrected chi connectivity index (χ4v) is 3.07. The summed E-state index contributed by atoms with van der Waals surface area (Å²) in [5.41, 5.74) is 3.02. The second kappa shape index (κ2) is 9.08. The normalized spacial score (nSPS) is 11.2. The maximum absolute atomic E-state index is 11.4. The molecule has 0 aliphatic rings. The van der Waals surface area contributed by atoms with E-state index in [1.807, 2.05) is 12.1 Å². The number of thiophene rings is 1. The van der Waals surface area contributed by atoms with Crippen LogP contribution in [0.25, 0.3) is 0 Å². The minimum atomic E-state index is -0.312. The van der Waals surface area contributed by atoms with Gasteiger partial charge in [0, 0.05) is 18.5 Å². The lowest BCUT2D eigenvalue weighted by atomic mass is 10.1. The number of methoxy groups -OCH3 is 1. The third-order valence-electron chi connectivity index (χ3n) is 3.69. The van der Waals surface area contributed by atoms with Crippen LogP contribution in [0.1, 0.15) is 26.4 Å². The van der Waals surface area contributed by atoms with Crippen molar-refractivity contribution in [2.75, 3.05) is 20.7 Å². The summed E-state index contributed by atoms with van der Waals surface area (Å²) < 4.78 is 4.69. The molecule has 0 radical (unpaired) electrons. The molecule has 1 aromatic heterocycles. The number of nitrogens with zero attached hydrogens (tertiary/aromatic N) is 1. The standard InChI is InChI=1S/C18H23N3O2S/c1-13-9-11-24-16(13)12-21-18(19-2)20-10-8-14-4-6-15(7-5-14)17(22)23-3/h4-7,9,11H,8,10,12H2,1-3H3,(H2,19,20,21). The smallest absolute Gasteiger partial charge is 0.337 e. The SMILES string of the molecule is CN=C(NCCc1ccc(C(=O)OC)cc1)NCc1sccc1C. The molecule has 24 heavy (non-hydrogen) atoms. The minimum absolute atomic E-state index is 0.312. The molecule has 6 heteroatoms. The van der Waals surface area contributed by atoms with E-state index in [4.69, 9.17) is 4.74 Å². The van der Waals surface area contributed by atoms with Crippen molar-refractivity contribution in [2.45, 2.75) is 19.9 Å². The number of nitrogens with one attached hydrogen (secondary N) is 2. The number of carbonyl (C=O) groups excluding carboxylic acids is 1. The van der Waals surface area contributed by atoms with Crippen LogP contribution >= 0.6 is 11.3 Å². The molecule has 1 heterocycles. The summed E-state index contributed by atoms with van der Waals surface area (Å²) >= 11 is 1.75. The molecule has 0 atom stereocenters. The predicted octanol–water partition coefficient (Wildman–Crippen LogP) is 2.75. The monoisotopic (exact) mass is 345 g/mol. The molecular formula is C18H23N3O2S. The van der Waals surface area contributed by atoms with E-state index in [0.717, 1.165) is 31.0 Å². The Bertz CT molecular complexity index is 693. The number of carbonyl (C=O) groups is 1. The number of esters is 1. The summed E-state index contributed by atoms with van der Waals surface area (Å²) in [6, 6.07) is 9.58. The average Bonchev–Trinajstić information content (AvgIpc) is 3.02. The molecule has 0 amide bonds. The lowest BCUT2D eigenvalue weighted by molar-refractivity contribution is 0.0600. The Morgan fingerprint density at radius 2 is 1.96 bits per heavy atom. The highest BCUT2D eigenvalue weighted by Crippen LogP contribution is 2.14. The number of hydrogen-bond donors (Lipinski definition) is 2. The fraction of sp³-hybridized carbons (Fsp3) is 0.333. The molecule has 128 valence electrons. The number of ether oxygens (including phenoxy) is 1. The van der Waals surface area contributed by atoms with Crippen LogP contribution in [0.2, 0.25) is 0 Å². The van der Waals surface area contributed by atoms with Crippen LogP contribution in [0.15, 0.2) is 40.7 Å². The van der Waals surface area contributed by atoms with Crippen LogP contribution in [0.5, 0.6) is 0 Å². The molecule has 0 saturated heterocycles. The van der Waals surface area contributed by atoms with E-state index in [0.29, 0.717) is 5.56 Å². The van der Waals surface area contributed by atoms with E-state index >= 15 is 0 Å². The second-order valence-corrected chi connectivity index (χ2v) is 6.32. The molecule has 2 N–H and O–H groups in total. The van der Waals surface area contributed by atoms with E-state index in [2.05, 4.69) is 34.0 Å². The molecule has 0 unspecified atom stereocenters. The van der Waals surface area contributed by atoms with Gasteiger partial charge >= 0.3 is 5.97 Å².